The van der Waals surface area contributed by atoms with E-state index in [9.17, 15) is 9.90 Å². The fourth-order valence-electron chi connectivity index (χ4n) is 2.92. The van der Waals surface area contributed by atoms with Crippen LogP contribution < -0.4 is 0 Å². The predicted molar refractivity (Wildman–Crippen MR) is 119 cm³/mol. The van der Waals surface area contributed by atoms with Gasteiger partial charge in [0.1, 0.15) is 11.5 Å². The molecule has 0 bridgehead atoms. The van der Waals surface area contributed by atoms with Crippen LogP contribution in [-0.2, 0) is 0 Å². The van der Waals surface area contributed by atoms with Gasteiger partial charge in [-0.2, -0.15) is 0 Å². The van der Waals surface area contributed by atoms with Crippen LogP contribution in [0.1, 0.15) is 21.8 Å². The van der Waals surface area contributed by atoms with Crippen LogP contribution in [0, 0.1) is 0 Å². The highest BCUT2D eigenvalue weighted by Gasteiger charge is 2.12. The molecule has 4 nitrogen and oxygen atoms in total. The van der Waals surface area contributed by atoms with Crippen LogP contribution >= 0.6 is 39.1 Å². The van der Waals surface area contributed by atoms with Gasteiger partial charge < -0.3 is 9.52 Å². The van der Waals surface area contributed by atoms with Crippen molar-refractivity contribution in [2.45, 2.75) is 0 Å². The first-order valence-electron chi connectivity index (χ1n) is 8.47. The molecule has 0 atom stereocenters. The maximum atomic E-state index is 11.7. The summed E-state index contributed by atoms with van der Waals surface area (Å²) in [5.74, 6) is 0.145. The molecule has 4 rings (SSSR count). The van der Waals surface area contributed by atoms with E-state index >= 15 is 0 Å². The van der Waals surface area contributed by atoms with E-state index in [4.69, 9.17) is 27.6 Å². The summed E-state index contributed by atoms with van der Waals surface area (Å²) in [4.78, 5) is 16.2. The number of pyridine rings is 1. The lowest BCUT2D eigenvalue weighted by Gasteiger charge is -2.05. The fourth-order valence-corrected chi connectivity index (χ4v) is 3.67. The highest BCUT2D eigenvalue weighted by Crippen LogP contribution is 2.32. The number of benzene rings is 2. The van der Waals surface area contributed by atoms with Gasteiger partial charge >= 0.3 is 5.97 Å². The van der Waals surface area contributed by atoms with Gasteiger partial charge in [0, 0.05) is 20.4 Å². The molecule has 4 aromatic rings. The highest BCUT2D eigenvalue weighted by atomic mass is 79.9. The third-order valence-corrected chi connectivity index (χ3v) is 5.32. The molecule has 0 amide bonds. The van der Waals surface area contributed by atoms with Gasteiger partial charge in [-0.05, 0) is 66.7 Å². The van der Waals surface area contributed by atoms with Crippen molar-refractivity contribution in [3.05, 3.63) is 86.1 Å². The van der Waals surface area contributed by atoms with Crippen molar-refractivity contribution >= 4 is 68.2 Å². The van der Waals surface area contributed by atoms with Gasteiger partial charge in [-0.15, -0.1) is 0 Å². The molecule has 2 aromatic carbocycles. The SMILES string of the molecule is O=C(O)c1cc(C=Cc2ccc(-c3cc(Cl)ccc3Cl)o2)nc2ccc(Br)cc12. The first-order valence-corrected chi connectivity index (χ1v) is 10.0. The van der Waals surface area contributed by atoms with E-state index in [1.807, 2.05) is 6.07 Å². The summed E-state index contributed by atoms with van der Waals surface area (Å²) in [5.41, 5.74) is 1.98. The lowest BCUT2D eigenvalue weighted by Crippen LogP contribution is -2.00. The molecule has 0 spiro atoms. The zero-order chi connectivity index (χ0) is 20.5. The molecule has 0 fully saturated rings. The van der Waals surface area contributed by atoms with Crippen LogP contribution in [0.4, 0.5) is 0 Å². The number of hydrogen-bond acceptors (Lipinski definition) is 3. The van der Waals surface area contributed by atoms with Gasteiger partial charge in [-0.3, -0.25) is 0 Å². The number of aromatic nitrogens is 1. The third-order valence-electron chi connectivity index (χ3n) is 4.26. The molecule has 1 N–H and O–H groups in total. The summed E-state index contributed by atoms with van der Waals surface area (Å²) in [6.45, 7) is 0. The second-order valence-electron chi connectivity index (χ2n) is 6.22. The average molecular weight is 489 g/mol. The van der Waals surface area contributed by atoms with E-state index < -0.39 is 5.97 Å². The van der Waals surface area contributed by atoms with Crippen LogP contribution in [0.2, 0.25) is 10.0 Å². The Kier molecular flexibility index (Phi) is 5.46. The van der Waals surface area contributed by atoms with E-state index in [1.165, 1.54) is 6.07 Å². The summed E-state index contributed by atoms with van der Waals surface area (Å²) in [6, 6.07) is 15.6. The Hall–Kier alpha value is -2.60. The Bertz CT molecular complexity index is 1280. The number of furan rings is 1. The van der Waals surface area contributed by atoms with Crippen molar-refractivity contribution < 1.29 is 14.3 Å². The van der Waals surface area contributed by atoms with Gasteiger partial charge in [-0.1, -0.05) is 39.1 Å². The summed E-state index contributed by atoms with van der Waals surface area (Å²) in [5, 5.41) is 11.2. The molecule has 144 valence electrons. The Labute approximate surface area is 184 Å². The standard InChI is InChI=1S/C22H12BrCl2NO3/c23-12-1-7-20-16(9-12)17(22(27)28)11-14(26-20)3-4-15-5-8-21(29-15)18-10-13(24)2-6-19(18)25/h1-11H,(H,27,28). The summed E-state index contributed by atoms with van der Waals surface area (Å²) in [6.07, 6.45) is 3.43. The number of nitrogens with zero attached hydrogens (tertiary/aromatic N) is 1. The minimum atomic E-state index is -1.01. The van der Waals surface area contributed by atoms with Gasteiger partial charge in [0.2, 0.25) is 0 Å². The first kappa shape index (κ1) is 19.7. The number of carbonyl (C=O) groups is 1. The van der Waals surface area contributed by atoms with Gasteiger partial charge in [0.25, 0.3) is 0 Å². The Morgan fingerprint density at radius 2 is 1.86 bits per heavy atom. The first-order chi connectivity index (χ1) is 13.9. The number of carboxylic acids is 1. The molecule has 2 heterocycles. The van der Waals surface area contributed by atoms with Crippen LogP contribution in [0.15, 0.2) is 63.5 Å². The number of aromatic carboxylic acids is 1. The maximum absolute atomic E-state index is 11.7. The molecule has 0 saturated heterocycles. The van der Waals surface area contributed by atoms with Crippen molar-refractivity contribution in [3.63, 3.8) is 0 Å². The Morgan fingerprint density at radius 3 is 2.66 bits per heavy atom. The van der Waals surface area contributed by atoms with Crippen molar-refractivity contribution in [1.82, 2.24) is 4.98 Å². The lowest BCUT2D eigenvalue weighted by molar-refractivity contribution is 0.0699. The van der Waals surface area contributed by atoms with E-state index in [0.717, 1.165) is 4.47 Å². The van der Waals surface area contributed by atoms with Crippen molar-refractivity contribution in [2.75, 3.05) is 0 Å². The van der Waals surface area contributed by atoms with Crippen LogP contribution in [0.25, 0.3) is 34.4 Å². The van der Waals surface area contributed by atoms with Crippen LogP contribution in [-0.4, -0.2) is 16.1 Å². The monoisotopic (exact) mass is 487 g/mol. The molecule has 0 aliphatic rings. The molecular formula is C22H12BrCl2NO3. The van der Waals surface area contributed by atoms with Crippen LogP contribution in [0.5, 0.6) is 0 Å². The van der Waals surface area contributed by atoms with Gasteiger partial charge in [0.15, 0.2) is 0 Å². The largest absolute Gasteiger partial charge is 0.478 e. The molecular weight excluding hydrogens is 477 g/mol. The van der Waals surface area contributed by atoms with Gasteiger partial charge in [-0.25, -0.2) is 9.78 Å². The van der Waals surface area contributed by atoms with Crippen molar-refractivity contribution in [2.24, 2.45) is 0 Å². The van der Waals surface area contributed by atoms with Crippen molar-refractivity contribution in [1.29, 1.82) is 0 Å². The Balaban J connectivity index is 1.69. The number of rotatable bonds is 4. The van der Waals surface area contributed by atoms with E-state index in [0.29, 0.717) is 43.7 Å². The Morgan fingerprint density at radius 1 is 1.03 bits per heavy atom. The van der Waals surface area contributed by atoms with Gasteiger partial charge in [0.05, 0.1) is 21.8 Å². The molecule has 0 unspecified atom stereocenters. The lowest BCUT2D eigenvalue weighted by atomic mass is 10.1. The van der Waals surface area contributed by atoms with Crippen LogP contribution in [0.3, 0.4) is 0 Å². The fraction of sp³-hybridized carbons (Fsp3) is 0. The molecule has 0 saturated carbocycles. The smallest absolute Gasteiger partial charge is 0.336 e. The second-order valence-corrected chi connectivity index (χ2v) is 7.98. The molecule has 29 heavy (non-hydrogen) atoms. The zero-order valence-corrected chi connectivity index (χ0v) is 17.8. The molecule has 2 aromatic heterocycles. The number of carboxylic acid groups (broad SMARTS) is 1. The number of halogens is 3. The predicted octanol–water partition coefficient (Wildman–Crippen LogP) is 7.43. The summed E-state index contributed by atoms with van der Waals surface area (Å²) in [7, 11) is 0. The zero-order valence-electron chi connectivity index (χ0n) is 14.7. The number of hydrogen-bond donors (Lipinski definition) is 1. The molecule has 0 aliphatic heterocycles. The molecule has 0 aliphatic carbocycles. The normalized spacial score (nSPS) is 11.4. The maximum Gasteiger partial charge on any atom is 0.336 e. The molecule has 7 heteroatoms. The van der Waals surface area contributed by atoms with E-state index in [2.05, 4.69) is 20.9 Å². The summed E-state index contributed by atoms with van der Waals surface area (Å²) >= 11 is 15.6. The highest BCUT2D eigenvalue weighted by molar-refractivity contribution is 9.10. The molecule has 0 radical (unpaired) electrons. The average Bonchev–Trinajstić information content (AvgIpc) is 3.16. The van der Waals surface area contributed by atoms with E-state index in [-0.39, 0.29) is 5.56 Å². The summed E-state index contributed by atoms with van der Waals surface area (Å²) < 4.78 is 6.62. The number of fused-ring (bicyclic) bond motifs is 1. The van der Waals surface area contributed by atoms with Crippen molar-refractivity contribution in [3.8, 4) is 11.3 Å². The minimum absolute atomic E-state index is 0.182. The van der Waals surface area contributed by atoms with E-state index in [1.54, 1.807) is 54.6 Å². The second kappa shape index (κ2) is 8.03. The quantitative estimate of drug-likeness (QED) is 0.324. The topological polar surface area (TPSA) is 63.3 Å². The third kappa shape index (κ3) is 4.22. The minimum Gasteiger partial charge on any atom is -0.478 e.